The molecule has 198 valence electrons. The van der Waals surface area contributed by atoms with E-state index in [2.05, 4.69) is 124 Å². The second kappa shape index (κ2) is 11.0. The smallest absolute Gasteiger partial charge is 1.00 e. The number of fused-ring (bicyclic) bond motifs is 5. The van der Waals surface area contributed by atoms with Gasteiger partial charge >= 0.3 is 26.2 Å². The molecule has 0 fully saturated rings. The van der Waals surface area contributed by atoms with Crippen molar-refractivity contribution in [2.45, 2.75) is 91.9 Å². The van der Waals surface area contributed by atoms with Crippen molar-refractivity contribution in [2.75, 3.05) is 0 Å². The second-order valence-electron chi connectivity index (χ2n) is 13.1. The summed E-state index contributed by atoms with van der Waals surface area (Å²) in [4.78, 5) is 0. The predicted molar refractivity (Wildman–Crippen MR) is 152 cm³/mol. The zero-order valence-electron chi connectivity index (χ0n) is 24.6. The first kappa shape index (κ1) is 32.9. The third-order valence-corrected chi connectivity index (χ3v) is 8.21. The van der Waals surface area contributed by atoms with Crippen molar-refractivity contribution < 1.29 is 51.0 Å². The largest absolute Gasteiger partial charge is 4.00 e. The van der Waals surface area contributed by atoms with Crippen LogP contribution in [0.1, 0.15) is 107 Å². The Hall–Kier alpha value is -1.27. The molecule has 0 atom stereocenters. The van der Waals surface area contributed by atoms with Crippen LogP contribution < -0.4 is 24.8 Å². The number of benzene rings is 2. The minimum absolute atomic E-state index is 0. The third-order valence-electron chi connectivity index (χ3n) is 8.21. The van der Waals surface area contributed by atoms with Crippen LogP contribution >= 0.6 is 0 Å². The van der Waals surface area contributed by atoms with Crippen LogP contribution in [-0.2, 0) is 48.9 Å². The molecule has 0 spiro atoms. The van der Waals surface area contributed by atoms with Crippen LogP contribution in [0, 0.1) is 13.0 Å². The van der Waals surface area contributed by atoms with Gasteiger partial charge in [0.2, 0.25) is 0 Å². The number of allylic oxidation sites excluding steroid dienone is 4. The molecule has 3 aromatic carbocycles. The molecule has 3 aromatic rings. The van der Waals surface area contributed by atoms with Crippen molar-refractivity contribution in [3.63, 3.8) is 0 Å². The Morgan fingerprint density at radius 3 is 1.82 bits per heavy atom. The molecule has 0 nitrogen and oxygen atoms in total. The van der Waals surface area contributed by atoms with Crippen LogP contribution in [-0.4, -0.2) is 0 Å². The van der Waals surface area contributed by atoms with E-state index in [1.165, 1.54) is 66.8 Å². The van der Waals surface area contributed by atoms with E-state index in [1.54, 1.807) is 0 Å². The van der Waals surface area contributed by atoms with E-state index in [1.807, 2.05) is 0 Å². The van der Waals surface area contributed by atoms with Gasteiger partial charge in [-0.25, -0.2) is 11.6 Å². The fourth-order valence-electron chi connectivity index (χ4n) is 6.30. The molecule has 3 aliphatic carbocycles. The maximum atomic E-state index is 3.65. The van der Waals surface area contributed by atoms with Gasteiger partial charge in [0.1, 0.15) is 0 Å². The molecule has 0 amide bonds. The summed E-state index contributed by atoms with van der Waals surface area (Å²) in [6, 6.07) is 16.4. The van der Waals surface area contributed by atoms with Crippen LogP contribution in [0.2, 0.25) is 0 Å². The van der Waals surface area contributed by atoms with Crippen molar-refractivity contribution in [1.29, 1.82) is 0 Å². The molecule has 0 saturated carbocycles. The average molecular weight is 623 g/mol. The van der Waals surface area contributed by atoms with Gasteiger partial charge in [0.15, 0.2) is 0 Å². The molecule has 0 saturated heterocycles. The quantitative estimate of drug-likeness (QED) is 0.264. The zero-order valence-corrected chi connectivity index (χ0v) is 28.6. The maximum absolute atomic E-state index is 3.65. The summed E-state index contributed by atoms with van der Waals surface area (Å²) in [5, 5.41) is 0. The Labute approximate surface area is 262 Å². The molecule has 0 radical (unpaired) electrons. The fraction of sp³-hybridized carbons (Fsp3) is 0.400. The van der Waals surface area contributed by atoms with E-state index in [0.717, 1.165) is 6.42 Å². The van der Waals surface area contributed by atoms with Crippen LogP contribution in [0.4, 0.5) is 0 Å². The van der Waals surface area contributed by atoms with Gasteiger partial charge in [-0.1, -0.05) is 91.4 Å². The molecule has 0 heterocycles. The summed E-state index contributed by atoms with van der Waals surface area (Å²) in [6.45, 7) is 22.5. The molecule has 0 unspecified atom stereocenters. The SMILES string of the molecule is CC1=[C-]C(C)(C)c2cc3c(cc21)-c1cc2c(cc1C3)C(C)(C)C=C2C.Cc1cc(C(C)(C)C)c[cH-]1.[Cl-].[Cl-].[Zr+4]. The Balaban J connectivity index is 0.000000336. The Bertz CT molecular complexity index is 1340. The van der Waals surface area contributed by atoms with Gasteiger partial charge in [0.25, 0.3) is 0 Å². The van der Waals surface area contributed by atoms with Gasteiger partial charge in [-0.15, -0.1) is 11.6 Å². The van der Waals surface area contributed by atoms with Crippen molar-refractivity contribution in [2.24, 2.45) is 0 Å². The molecule has 3 aliphatic rings. The Morgan fingerprint density at radius 2 is 1.32 bits per heavy atom. The number of aryl methyl sites for hydroxylation is 1. The van der Waals surface area contributed by atoms with Gasteiger partial charge in [0, 0.05) is 5.41 Å². The average Bonchev–Trinajstić information content (AvgIpc) is 3.44. The first-order chi connectivity index (χ1) is 16.2. The third kappa shape index (κ3) is 5.64. The van der Waals surface area contributed by atoms with Gasteiger partial charge in [-0.3, -0.25) is 6.08 Å². The Morgan fingerprint density at radius 1 is 0.763 bits per heavy atom. The minimum Gasteiger partial charge on any atom is -1.00 e. The first-order valence-electron chi connectivity index (χ1n) is 13.1. The normalized spacial score (nSPS) is 16.7. The van der Waals surface area contributed by atoms with E-state index < -0.39 is 0 Å². The standard InChI is InChI=1S/C25H25.C10H15.2ClH.Zr/c1-14-12-24(3,4)22-8-16-7-17-9-23-19(15(2)13-25(23,5)6)11-21(17)20(16)10-18(14)22;1-8-5-6-9(7-8)10(2,3)4;;;/h8-12H,7H2,1-6H3;5-7H,1-4H3;2*1H;/q2*-1;;;+4/p-2. The van der Waals surface area contributed by atoms with E-state index in [4.69, 9.17) is 0 Å². The second-order valence-corrected chi connectivity index (χ2v) is 13.1. The summed E-state index contributed by atoms with van der Waals surface area (Å²) in [7, 11) is 0. The molecule has 3 heteroatoms. The van der Waals surface area contributed by atoms with E-state index in [9.17, 15) is 0 Å². The van der Waals surface area contributed by atoms with Crippen LogP contribution in [0.25, 0.3) is 22.3 Å². The van der Waals surface area contributed by atoms with Gasteiger partial charge in [0.05, 0.1) is 0 Å². The predicted octanol–water partition coefficient (Wildman–Crippen LogP) is 3.47. The summed E-state index contributed by atoms with van der Waals surface area (Å²) < 4.78 is 0. The van der Waals surface area contributed by atoms with Crippen molar-refractivity contribution in [3.05, 3.63) is 99.1 Å². The first-order valence-corrected chi connectivity index (χ1v) is 13.1. The summed E-state index contributed by atoms with van der Waals surface area (Å²) in [5.74, 6) is 0. The number of hydrogen-bond donors (Lipinski definition) is 0. The molecule has 0 aliphatic heterocycles. The van der Waals surface area contributed by atoms with Gasteiger partial charge in [-0.2, -0.15) is 28.8 Å². The van der Waals surface area contributed by atoms with E-state index in [0.29, 0.717) is 5.41 Å². The molecule has 6 rings (SSSR count). The van der Waals surface area contributed by atoms with Crippen LogP contribution in [0.5, 0.6) is 0 Å². The van der Waals surface area contributed by atoms with Crippen LogP contribution in [0.3, 0.4) is 0 Å². The van der Waals surface area contributed by atoms with E-state index in [-0.39, 0.29) is 61.8 Å². The number of rotatable bonds is 0. The topological polar surface area (TPSA) is 0 Å². The fourth-order valence-corrected chi connectivity index (χ4v) is 6.30. The van der Waals surface area contributed by atoms with Crippen molar-refractivity contribution >= 4 is 11.1 Å². The van der Waals surface area contributed by atoms with Crippen molar-refractivity contribution in [3.8, 4) is 11.1 Å². The maximum Gasteiger partial charge on any atom is 4.00 e. The number of hydrogen-bond acceptors (Lipinski definition) is 0. The molecular weight excluding hydrogens is 583 g/mol. The number of halogens is 2. The van der Waals surface area contributed by atoms with Crippen molar-refractivity contribution in [1.82, 2.24) is 0 Å². The monoisotopic (exact) mass is 620 g/mol. The molecule has 0 N–H and O–H groups in total. The van der Waals surface area contributed by atoms with Gasteiger partial charge < -0.3 is 24.8 Å². The van der Waals surface area contributed by atoms with E-state index >= 15 is 0 Å². The zero-order chi connectivity index (χ0) is 25.5. The van der Waals surface area contributed by atoms with Gasteiger partial charge in [-0.05, 0) is 58.4 Å². The summed E-state index contributed by atoms with van der Waals surface area (Å²) in [5.41, 5.74) is 17.7. The summed E-state index contributed by atoms with van der Waals surface area (Å²) >= 11 is 0. The molecular formula is C35H40Cl2Zr. The van der Waals surface area contributed by atoms with Crippen LogP contribution in [0.15, 0.2) is 48.5 Å². The minimum atomic E-state index is 0. The molecule has 0 bridgehead atoms. The molecule has 0 aromatic heterocycles. The summed E-state index contributed by atoms with van der Waals surface area (Å²) in [6.07, 6.45) is 7.13. The Kier molecular flexibility index (Phi) is 9.50. The molecule has 38 heavy (non-hydrogen) atoms.